The number of hydrazone groups is 1. The molecule has 2 aromatic carbocycles. The maximum absolute atomic E-state index is 12.4. The molecule has 7 nitrogen and oxygen atoms in total. The fourth-order valence-electron chi connectivity index (χ4n) is 2.35. The van der Waals surface area contributed by atoms with Gasteiger partial charge in [-0.2, -0.15) is 5.10 Å². The van der Waals surface area contributed by atoms with E-state index in [1.807, 2.05) is 0 Å². The van der Waals surface area contributed by atoms with Crippen LogP contribution in [0.2, 0.25) is 5.02 Å². The van der Waals surface area contributed by atoms with Crippen LogP contribution < -0.4 is 14.5 Å². The van der Waals surface area contributed by atoms with E-state index >= 15 is 0 Å². The van der Waals surface area contributed by atoms with Gasteiger partial charge in [0.1, 0.15) is 11.8 Å². The highest BCUT2D eigenvalue weighted by molar-refractivity contribution is 7.92. The zero-order valence-corrected chi connectivity index (χ0v) is 16.7. The number of rotatable bonds is 7. The van der Waals surface area contributed by atoms with Crippen molar-refractivity contribution in [1.29, 1.82) is 0 Å². The Labute approximate surface area is 163 Å². The van der Waals surface area contributed by atoms with Gasteiger partial charge in [-0.3, -0.25) is 9.10 Å². The highest BCUT2D eigenvalue weighted by Crippen LogP contribution is 2.23. The second-order valence-electron chi connectivity index (χ2n) is 5.72. The maximum Gasteiger partial charge on any atom is 0.263 e. The monoisotopic (exact) mass is 409 g/mol. The predicted molar refractivity (Wildman–Crippen MR) is 107 cm³/mol. The molecule has 0 aliphatic heterocycles. The van der Waals surface area contributed by atoms with Gasteiger partial charge >= 0.3 is 0 Å². The highest BCUT2D eigenvalue weighted by Gasteiger charge is 2.29. The van der Waals surface area contributed by atoms with E-state index in [2.05, 4.69) is 10.5 Å². The first-order valence-electron chi connectivity index (χ1n) is 7.94. The first kappa shape index (κ1) is 20.7. The number of carbonyl (C=O) groups is 1. The normalized spacial score (nSPS) is 12.6. The number of anilines is 1. The Balaban J connectivity index is 2.15. The number of halogens is 1. The first-order valence-corrected chi connectivity index (χ1v) is 10.2. The molecule has 1 amide bonds. The lowest BCUT2D eigenvalue weighted by Gasteiger charge is -2.27. The fraction of sp³-hybridized carbons (Fsp3) is 0.222. The van der Waals surface area contributed by atoms with Crippen LogP contribution in [0.1, 0.15) is 12.5 Å². The third-order valence-corrected chi connectivity index (χ3v) is 5.17. The van der Waals surface area contributed by atoms with Crippen LogP contribution >= 0.6 is 11.6 Å². The van der Waals surface area contributed by atoms with Crippen molar-refractivity contribution < 1.29 is 17.9 Å². The predicted octanol–water partition coefficient (Wildman–Crippen LogP) is 2.65. The van der Waals surface area contributed by atoms with Crippen molar-refractivity contribution in [1.82, 2.24) is 5.43 Å². The average Bonchev–Trinajstić information content (AvgIpc) is 2.62. The fourth-order valence-corrected chi connectivity index (χ4v) is 3.65. The van der Waals surface area contributed by atoms with Crippen molar-refractivity contribution in [2.75, 3.05) is 17.7 Å². The van der Waals surface area contributed by atoms with E-state index < -0.39 is 22.0 Å². The van der Waals surface area contributed by atoms with Crippen molar-refractivity contribution in [2.45, 2.75) is 13.0 Å². The topological polar surface area (TPSA) is 88.1 Å². The van der Waals surface area contributed by atoms with Gasteiger partial charge in [0.15, 0.2) is 0 Å². The van der Waals surface area contributed by atoms with E-state index in [1.165, 1.54) is 20.2 Å². The SMILES string of the molecule is COc1ccc(N([C@H](C)C(=O)N/N=C\c2ccc(Cl)cc2)S(C)(=O)=O)cc1. The third-order valence-electron chi connectivity index (χ3n) is 3.67. The van der Waals surface area contributed by atoms with Crippen LogP contribution in [-0.4, -0.2) is 39.9 Å². The van der Waals surface area contributed by atoms with E-state index in [0.717, 1.165) is 16.1 Å². The Morgan fingerprint density at radius 3 is 2.30 bits per heavy atom. The van der Waals surface area contributed by atoms with Gasteiger partial charge in [-0.05, 0) is 48.9 Å². The third kappa shape index (κ3) is 5.70. The van der Waals surface area contributed by atoms with Gasteiger partial charge in [0.2, 0.25) is 10.0 Å². The molecule has 144 valence electrons. The van der Waals surface area contributed by atoms with Crippen molar-refractivity contribution in [3.05, 3.63) is 59.1 Å². The lowest BCUT2D eigenvalue weighted by atomic mass is 10.2. The van der Waals surface area contributed by atoms with Crippen molar-refractivity contribution in [3.8, 4) is 5.75 Å². The van der Waals surface area contributed by atoms with E-state index in [-0.39, 0.29) is 0 Å². The summed E-state index contributed by atoms with van der Waals surface area (Å²) in [6.07, 6.45) is 2.48. The van der Waals surface area contributed by atoms with Gasteiger partial charge in [-0.25, -0.2) is 13.8 Å². The molecule has 0 saturated heterocycles. The number of hydrogen-bond acceptors (Lipinski definition) is 5. The van der Waals surface area contributed by atoms with E-state index in [9.17, 15) is 13.2 Å². The van der Waals surface area contributed by atoms with Crippen LogP contribution in [0.3, 0.4) is 0 Å². The van der Waals surface area contributed by atoms with Crippen LogP contribution in [-0.2, 0) is 14.8 Å². The summed E-state index contributed by atoms with van der Waals surface area (Å²) < 4.78 is 30.5. The number of carbonyl (C=O) groups excluding carboxylic acids is 1. The molecule has 27 heavy (non-hydrogen) atoms. The lowest BCUT2D eigenvalue weighted by molar-refractivity contribution is -0.121. The highest BCUT2D eigenvalue weighted by atomic mass is 35.5. The standard InChI is InChI=1S/C18H20ClN3O4S/c1-13(18(23)21-20-12-14-4-6-15(19)7-5-14)22(27(3,24)25)16-8-10-17(26-2)11-9-16/h4-13H,1-3H3,(H,21,23)/b20-12-/t13-/m1/s1. The van der Waals surface area contributed by atoms with Gasteiger partial charge in [0.05, 0.1) is 25.3 Å². The number of benzene rings is 2. The minimum atomic E-state index is -3.70. The molecule has 0 heterocycles. The number of methoxy groups -OCH3 is 1. The summed E-state index contributed by atoms with van der Waals surface area (Å²) in [4.78, 5) is 12.4. The average molecular weight is 410 g/mol. The van der Waals surface area contributed by atoms with Crippen LogP contribution in [0.15, 0.2) is 53.6 Å². The van der Waals surface area contributed by atoms with E-state index in [1.54, 1.807) is 48.5 Å². The molecule has 0 spiro atoms. The summed E-state index contributed by atoms with van der Waals surface area (Å²) in [5.41, 5.74) is 3.45. The molecule has 0 aliphatic carbocycles. The summed E-state index contributed by atoms with van der Waals surface area (Å²) in [6.45, 7) is 1.48. The number of amides is 1. The quantitative estimate of drug-likeness (QED) is 0.562. The van der Waals surface area contributed by atoms with Crippen LogP contribution in [0.4, 0.5) is 5.69 Å². The zero-order valence-electron chi connectivity index (χ0n) is 15.1. The molecule has 2 rings (SSSR count). The summed E-state index contributed by atoms with van der Waals surface area (Å²) in [5.74, 6) is 0.0123. The molecule has 0 radical (unpaired) electrons. The van der Waals surface area contributed by atoms with Gasteiger partial charge in [-0.1, -0.05) is 23.7 Å². The smallest absolute Gasteiger partial charge is 0.263 e. The number of sulfonamides is 1. The Morgan fingerprint density at radius 1 is 1.19 bits per heavy atom. The number of hydrogen-bond donors (Lipinski definition) is 1. The molecule has 0 saturated carbocycles. The van der Waals surface area contributed by atoms with E-state index in [0.29, 0.717) is 16.5 Å². The van der Waals surface area contributed by atoms with E-state index in [4.69, 9.17) is 16.3 Å². The van der Waals surface area contributed by atoms with Gasteiger partial charge < -0.3 is 4.74 Å². The molecular formula is C18H20ClN3O4S. The number of nitrogens with one attached hydrogen (secondary N) is 1. The maximum atomic E-state index is 12.4. The molecule has 0 unspecified atom stereocenters. The van der Waals surface area contributed by atoms with Crippen LogP contribution in [0.5, 0.6) is 5.75 Å². The van der Waals surface area contributed by atoms with Crippen LogP contribution in [0, 0.1) is 0 Å². The first-order chi connectivity index (χ1) is 12.7. The Kier molecular flexibility index (Phi) is 6.81. The number of ether oxygens (including phenoxy) is 1. The molecule has 1 atom stereocenters. The summed E-state index contributed by atoms with van der Waals surface area (Å²) in [6, 6.07) is 12.2. The Bertz CT molecular complexity index is 913. The van der Waals surface area contributed by atoms with Crippen molar-refractivity contribution in [2.24, 2.45) is 5.10 Å². The second kappa shape index (κ2) is 8.88. The minimum absolute atomic E-state index is 0.350. The van der Waals surface area contributed by atoms with Crippen LogP contribution in [0.25, 0.3) is 0 Å². The molecule has 2 aromatic rings. The Morgan fingerprint density at radius 2 is 1.78 bits per heavy atom. The Hall–Kier alpha value is -2.58. The summed E-state index contributed by atoms with van der Waals surface area (Å²) >= 11 is 5.81. The molecular weight excluding hydrogens is 390 g/mol. The van der Waals surface area contributed by atoms with Gasteiger partial charge in [0, 0.05) is 5.02 Å². The zero-order chi connectivity index (χ0) is 20.0. The summed E-state index contributed by atoms with van der Waals surface area (Å²) in [5, 5.41) is 4.46. The number of nitrogens with zero attached hydrogens (tertiary/aromatic N) is 2. The lowest BCUT2D eigenvalue weighted by Crippen LogP contribution is -2.46. The minimum Gasteiger partial charge on any atom is -0.497 e. The molecule has 0 fully saturated rings. The molecule has 9 heteroatoms. The second-order valence-corrected chi connectivity index (χ2v) is 8.01. The van der Waals surface area contributed by atoms with Crippen molar-refractivity contribution in [3.63, 3.8) is 0 Å². The summed E-state index contributed by atoms with van der Waals surface area (Å²) in [7, 11) is -2.19. The van der Waals surface area contributed by atoms with Crippen molar-refractivity contribution >= 4 is 39.4 Å². The van der Waals surface area contributed by atoms with Gasteiger partial charge in [-0.15, -0.1) is 0 Å². The molecule has 0 aliphatic rings. The molecule has 1 N–H and O–H groups in total. The molecule has 0 bridgehead atoms. The molecule has 0 aromatic heterocycles. The largest absolute Gasteiger partial charge is 0.497 e. The van der Waals surface area contributed by atoms with Gasteiger partial charge in [0.25, 0.3) is 5.91 Å².